The minimum absolute atomic E-state index is 0.0508. The van der Waals surface area contributed by atoms with E-state index in [0.29, 0.717) is 13.0 Å². The Bertz CT molecular complexity index is 342. The molecular weight excluding hydrogens is 202 g/mol. The summed E-state index contributed by atoms with van der Waals surface area (Å²) < 4.78 is 5.12. The third-order valence-corrected chi connectivity index (χ3v) is 3.43. The fraction of sp³-hybridized carbons (Fsp3) is 0.538. The van der Waals surface area contributed by atoms with Crippen LogP contribution in [0.2, 0.25) is 0 Å². The van der Waals surface area contributed by atoms with Gasteiger partial charge in [-0.25, -0.2) is 0 Å². The van der Waals surface area contributed by atoms with Gasteiger partial charge in [-0.05, 0) is 24.5 Å². The van der Waals surface area contributed by atoms with Gasteiger partial charge in [-0.1, -0.05) is 25.1 Å². The molecule has 1 aromatic carbocycles. The Morgan fingerprint density at radius 1 is 1.50 bits per heavy atom. The minimum Gasteiger partial charge on any atom is -0.385 e. The van der Waals surface area contributed by atoms with E-state index in [9.17, 15) is 5.11 Å². The van der Waals surface area contributed by atoms with E-state index in [1.165, 1.54) is 5.56 Å². The number of methoxy groups -OCH3 is 1. The molecule has 0 fully saturated rings. The summed E-state index contributed by atoms with van der Waals surface area (Å²) in [5.41, 5.74) is 1.62. The van der Waals surface area contributed by atoms with Crippen LogP contribution in [0.4, 0.5) is 5.69 Å². The zero-order valence-corrected chi connectivity index (χ0v) is 9.86. The zero-order chi connectivity index (χ0) is 11.6. The molecule has 1 aliphatic rings. The maximum atomic E-state index is 10.5. The molecular formula is C13H19NO2. The summed E-state index contributed by atoms with van der Waals surface area (Å²) in [7, 11) is 1.63. The monoisotopic (exact) mass is 221 g/mol. The summed E-state index contributed by atoms with van der Waals surface area (Å²) in [6.07, 6.45) is 1.55. The van der Waals surface area contributed by atoms with Gasteiger partial charge in [0.15, 0.2) is 0 Å². The fourth-order valence-corrected chi connectivity index (χ4v) is 2.32. The SMILES string of the molecule is CCC(O)(COC)C1Cc2ccccc2N1. The lowest BCUT2D eigenvalue weighted by Gasteiger charge is -2.32. The van der Waals surface area contributed by atoms with E-state index in [4.69, 9.17) is 4.74 Å². The fourth-order valence-electron chi connectivity index (χ4n) is 2.32. The summed E-state index contributed by atoms with van der Waals surface area (Å²) in [4.78, 5) is 0. The van der Waals surface area contributed by atoms with Crippen LogP contribution in [-0.4, -0.2) is 30.5 Å². The summed E-state index contributed by atoms with van der Waals surface area (Å²) in [5, 5.41) is 13.9. The molecule has 0 aliphatic carbocycles. The minimum atomic E-state index is -0.784. The zero-order valence-electron chi connectivity index (χ0n) is 9.86. The number of aliphatic hydroxyl groups is 1. The first-order chi connectivity index (χ1) is 7.69. The molecule has 0 aromatic heterocycles. The van der Waals surface area contributed by atoms with Gasteiger partial charge in [0, 0.05) is 12.8 Å². The predicted octanol–water partition coefficient (Wildman–Crippen LogP) is 1.81. The van der Waals surface area contributed by atoms with Crippen LogP contribution >= 0.6 is 0 Å². The molecule has 0 radical (unpaired) electrons. The Morgan fingerprint density at radius 2 is 2.25 bits per heavy atom. The molecule has 1 aliphatic heterocycles. The second-order valence-electron chi connectivity index (χ2n) is 4.45. The van der Waals surface area contributed by atoms with Crippen LogP contribution in [0, 0.1) is 0 Å². The maximum absolute atomic E-state index is 10.5. The Kier molecular flexibility index (Phi) is 3.17. The maximum Gasteiger partial charge on any atom is 0.108 e. The molecule has 2 rings (SSSR count). The second-order valence-corrected chi connectivity index (χ2v) is 4.45. The third-order valence-electron chi connectivity index (χ3n) is 3.43. The lowest BCUT2D eigenvalue weighted by atomic mass is 9.90. The van der Waals surface area contributed by atoms with Crippen molar-refractivity contribution >= 4 is 5.69 Å². The van der Waals surface area contributed by atoms with Gasteiger partial charge in [0.2, 0.25) is 0 Å². The molecule has 0 bridgehead atoms. The molecule has 0 amide bonds. The first kappa shape index (κ1) is 11.4. The first-order valence-corrected chi connectivity index (χ1v) is 5.75. The highest BCUT2D eigenvalue weighted by Gasteiger charge is 2.38. The van der Waals surface area contributed by atoms with Crippen molar-refractivity contribution in [2.24, 2.45) is 0 Å². The highest BCUT2D eigenvalue weighted by molar-refractivity contribution is 5.57. The van der Waals surface area contributed by atoms with E-state index in [0.717, 1.165) is 12.1 Å². The molecule has 1 aromatic rings. The molecule has 0 spiro atoms. The first-order valence-electron chi connectivity index (χ1n) is 5.75. The normalized spacial score (nSPS) is 22.3. The Balaban J connectivity index is 2.15. The largest absolute Gasteiger partial charge is 0.385 e. The molecule has 2 N–H and O–H groups in total. The third kappa shape index (κ3) is 1.93. The highest BCUT2D eigenvalue weighted by atomic mass is 16.5. The molecule has 2 atom stereocenters. The van der Waals surface area contributed by atoms with E-state index in [1.54, 1.807) is 7.11 Å². The van der Waals surface area contributed by atoms with Crippen molar-refractivity contribution in [1.29, 1.82) is 0 Å². The average Bonchev–Trinajstić information content (AvgIpc) is 2.73. The summed E-state index contributed by atoms with van der Waals surface area (Å²) in [6.45, 7) is 2.36. The van der Waals surface area contributed by atoms with Crippen molar-refractivity contribution < 1.29 is 9.84 Å². The van der Waals surface area contributed by atoms with Gasteiger partial charge in [-0.15, -0.1) is 0 Å². The Morgan fingerprint density at radius 3 is 2.88 bits per heavy atom. The van der Waals surface area contributed by atoms with E-state index in [1.807, 2.05) is 19.1 Å². The quantitative estimate of drug-likeness (QED) is 0.814. The van der Waals surface area contributed by atoms with Gasteiger partial charge in [-0.2, -0.15) is 0 Å². The van der Waals surface area contributed by atoms with Gasteiger partial charge in [0.05, 0.1) is 12.6 Å². The number of hydrogen-bond acceptors (Lipinski definition) is 3. The van der Waals surface area contributed by atoms with Crippen LogP contribution in [0.15, 0.2) is 24.3 Å². The standard InChI is InChI=1S/C13H19NO2/c1-3-13(15,9-16-2)12-8-10-6-4-5-7-11(10)14-12/h4-7,12,14-15H,3,8-9H2,1-2H3. The van der Waals surface area contributed by atoms with Crippen LogP contribution in [0.25, 0.3) is 0 Å². The molecule has 3 heteroatoms. The number of para-hydroxylation sites is 1. The molecule has 0 saturated heterocycles. The highest BCUT2D eigenvalue weighted by Crippen LogP contribution is 2.32. The van der Waals surface area contributed by atoms with Crippen LogP contribution in [-0.2, 0) is 11.2 Å². The predicted molar refractivity (Wildman–Crippen MR) is 64.7 cm³/mol. The van der Waals surface area contributed by atoms with Crippen LogP contribution in [0.1, 0.15) is 18.9 Å². The van der Waals surface area contributed by atoms with Crippen LogP contribution in [0.3, 0.4) is 0 Å². The van der Waals surface area contributed by atoms with Crippen molar-refractivity contribution in [3.8, 4) is 0 Å². The molecule has 3 nitrogen and oxygen atoms in total. The number of hydrogen-bond donors (Lipinski definition) is 2. The average molecular weight is 221 g/mol. The summed E-state index contributed by atoms with van der Waals surface area (Å²) in [5.74, 6) is 0. The second kappa shape index (κ2) is 4.44. The number of benzene rings is 1. The Hall–Kier alpha value is -1.06. The number of fused-ring (bicyclic) bond motifs is 1. The number of anilines is 1. The van der Waals surface area contributed by atoms with E-state index in [-0.39, 0.29) is 6.04 Å². The molecule has 2 unspecified atom stereocenters. The Labute approximate surface area is 96.4 Å². The van der Waals surface area contributed by atoms with Crippen molar-refractivity contribution in [2.45, 2.75) is 31.4 Å². The van der Waals surface area contributed by atoms with Gasteiger partial charge in [-0.3, -0.25) is 0 Å². The molecule has 0 saturated carbocycles. The smallest absolute Gasteiger partial charge is 0.108 e. The molecule has 1 heterocycles. The van der Waals surface area contributed by atoms with Crippen LogP contribution in [0.5, 0.6) is 0 Å². The van der Waals surface area contributed by atoms with Crippen molar-refractivity contribution in [1.82, 2.24) is 0 Å². The van der Waals surface area contributed by atoms with Crippen molar-refractivity contribution in [2.75, 3.05) is 19.0 Å². The number of nitrogens with one attached hydrogen (secondary N) is 1. The van der Waals surface area contributed by atoms with E-state index >= 15 is 0 Å². The number of ether oxygens (including phenoxy) is 1. The summed E-state index contributed by atoms with van der Waals surface area (Å²) >= 11 is 0. The van der Waals surface area contributed by atoms with Crippen LogP contribution < -0.4 is 5.32 Å². The van der Waals surface area contributed by atoms with E-state index < -0.39 is 5.60 Å². The number of rotatable bonds is 4. The van der Waals surface area contributed by atoms with Crippen molar-refractivity contribution in [3.63, 3.8) is 0 Å². The van der Waals surface area contributed by atoms with Gasteiger partial charge in [0.1, 0.15) is 5.60 Å². The van der Waals surface area contributed by atoms with Crippen molar-refractivity contribution in [3.05, 3.63) is 29.8 Å². The van der Waals surface area contributed by atoms with Gasteiger partial charge >= 0.3 is 0 Å². The topological polar surface area (TPSA) is 41.5 Å². The molecule has 88 valence electrons. The summed E-state index contributed by atoms with van der Waals surface area (Å²) in [6, 6.07) is 8.25. The lowest BCUT2D eigenvalue weighted by Crippen LogP contribution is -2.49. The molecule has 16 heavy (non-hydrogen) atoms. The van der Waals surface area contributed by atoms with E-state index in [2.05, 4.69) is 17.4 Å². The lowest BCUT2D eigenvalue weighted by molar-refractivity contribution is -0.0458. The van der Waals surface area contributed by atoms with Gasteiger partial charge < -0.3 is 15.2 Å². The van der Waals surface area contributed by atoms with Gasteiger partial charge in [0.25, 0.3) is 0 Å².